The summed E-state index contributed by atoms with van der Waals surface area (Å²) in [5.74, 6) is 3.03. The lowest BCUT2D eigenvalue weighted by Gasteiger charge is -2.17. The molecule has 1 aromatic heterocycles. The van der Waals surface area contributed by atoms with Crippen LogP contribution in [-0.2, 0) is 6.54 Å². The Morgan fingerprint density at radius 2 is 2.00 bits per heavy atom. The van der Waals surface area contributed by atoms with Gasteiger partial charge >= 0.3 is 6.03 Å². The van der Waals surface area contributed by atoms with Crippen molar-refractivity contribution in [1.82, 2.24) is 10.6 Å². The number of benzene rings is 1. The number of carbonyl (C=O) groups is 1. The van der Waals surface area contributed by atoms with Gasteiger partial charge in [0, 0.05) is 12.1 Å². The van der Waals surface area contributed by atoms with Crippen molar-refractivity contribution in [3.05, 3.63) is 46.9 Å². The minimum atomic E-state index is -0.235. The quantitative estimate of drug-likeness (QED) is 0.738. The third kappa shape index (κ3) is 5.18. The van der Waals surface area contributed by atoms with Crippen LogP contribution in [-0.4, -0.2) is 19.7 Å². The number of nitrogens with one attached hydrogen (secondary N) is 2. The minimum absolute atomic E-state index is 0.170. The van der Waals surface area contributed by atoms with Crippen molar-refractivity contribution in [1.29, 1.82) is 0 Å². The van der Waals surface area contributed by atoms with Crippen LogP contribution in [0.2, 0.25) is 0 Å². The van der Waals surface area contributed by atoms with Gasteiger partial charge in [-0.3, -0.25) is 0 Å². The highest BCUT2D eigenvalue weighted by Crippen LogP contribution is 2.30. The molecule has 0 spiro atoms. The molecule has 6 nitrogen and oxygen atoms in total. The second-order valence-corrected chi connectivity index (χ2v) is 6.25. The van der Waals surface area contributed by atoms with Crippen molar-refractivity contribution in [2.24, 2.45) is 0 Å². The molecule has 1 atom stereocenters. The normalized spacial score (nSPS) is 11.7. The topological polar surface area (TPSA) is 72.7 Å². The fourth-order valence-electron chi connectivity index (χ4n) is 2.65. The van der Waals surface area contributed by atoms with E-state index in [1.165, 1.54) is 0 Å². The molecule has 0 saturated heterocycles. The predicted molar refractivity (Wildman–Crippen MR) is 101 cm³/mol. The van der Waals surface area contributed by atoms with Gasteiger partial charge in [-0.2, -0.15) is 0 Å². The fourth-order valence-corrected chi connectivity index (χ4v) is 2.65. The molecule has 0 bridgehead atoms. The Balaban J connectivity index is 1.94. The Morgan fingerprint density at radius 1 is 1.23 bits per heavy atom. The molecule has 0 aliphatic carbocycles. The molecule has 2 rings (SSSR count). The van der Waals surface area contributed by atoms with Crippen molar-refractivity contribution < 1.29 is 18.7 Å². The second-order valence-electron chi connectivity index (χ2n) is 6.25. The predicted octanol–water partition coefficient (Wildman–Crippen LogP) is 4.25. The smallest absolute Gasteiger partial charge is 0.315 e. The number of hydrogen-bond donors (Lipinski definition) is 2. The Bertz CT molecular complexity index is 739. The van der Waals surface area contributed by atoms with E-state index in [9.17, 15) is 4.79 Å². The number of aryl methyl sites for hydroxylation is 2. The SMILES string of the molecule is CCCOc1ccc(C(C)NC(=O)NCc2cc(C)oc2C)cc1OC. The van der Waals surface area contributed by atoms with E-state index >= 15 is 0 Å². The third-order valence-corrected chi connectivity index (χ3v) is 4.08. The molecule has 142 valence electrons. The molecular formula is C20H28N2O4. The lowest BCUT2D eigenvalue weighted by atomic mass is 10.1. The van der Waals surface area contributed by atoms with Crippen molar-refractivity contribution in [3.63, 3.8) is 0 Å². The fraction of sp³-hybridized carbons (Fsp3) is 0.450. The number of hydrogen-bond acceptors (Lipinski definition) is 4. The highest BCUT2D eigenvalue weighted by atomic mass is 16.5. The van der Waals surface area contributed by atoms with Crippen LogP contribution in [0.3, 0.4) is 0 Å². The highest BCUT2D eigenvalue weighted by molar-refractivity contribution is 5.74. The van der Waals surface area contributed by atoms with Gasteiger partial charge in [-0.15, -0.1) is 0 Å². The van der Waals surface area contributed by atoms with Gasteiger partial charge in [-0.1, -0.05) is 13.0 Å². The van der Waals surface area contributed by atoms with Gasteiger partial charge < -0.3 is 24.5 Å². The Hall–Kier alpha value is -2.63. The number of rotatable bonds is 8. The Kier molecular flexibility index (Phi) is 6.95. The summed E-state index contributed by atoms with van der Waals surface area (Å²) in [4.78, 5) is 12.2. The zero-order valence-corrected chi connectivity index (χ0v) is 16.1. The van der Waals surface area contributed by atoms with Gasteiger partial charge in [0.05, 0.1) is 19.8 Å². The Labute approximate surface area is 154 Å². The average Bonchev–Trinajstić information content (AvgIpc) is 2.95. The number of amides is 2. The van der Waals surface area contributed by atoms with Crippen molar-refractivity contribution in [2.75, 3.05) is 13.7 Å². The van der Waals surface area contributed by atoms with Gasteiger partial charge in [0.2, 0.25) is 0 Å². The molecule has 0 saturated carbocycles. The van der Waals surface area contributed by atoms with Crippen LogP contribution >= 0.6 is 0 Å². The summed E-state index contributed by atoms with van der Waals surface area (Å²) in [6.07, 6.45) is 0.929. The van der Waals surface area contributed by atoms with E-state index < -0.39 is 0 Å². The van der Waals surface area contributed by atoms with Gasteiger partial charge in [0.25, 0.3) is 0 Å². The van der Waals surface area contributed by atoms with Gasteiger partial charge in [-0.05, 0) is 51.0 Å². The molecule has 1 unspecified atom stereocenters. The average molecular weight is 360 g/mol. The van der Waals surface area contributed by atoms with E-state index in [2.05, 4.69) is 17.6 Å². The molecule has 2 amide bonds. The molecule has 2 aromatic rings. The summed E-state index contributed by atoms with van der Waals surface area (Å²) in [7, 11) is 1.61. The van der Waals surface area contributed by atoms with E-state index in [0.29, 0.717) is 24.7 Å². The molecule has 0 aliphatic rings. The number of carbonyl (C=O) groups excluding carboxylic acids is 1. The van der Waals surface area contributed by atoms with Gasteiger partial charge in [-0.25, -0.2) is 4.79 Å². The summed E-state index contributed by atoms with van der Waals surface area (Å²) in [5.41, 5.74) is 1.92. The first-order chi connectivity index (χ1) is 12.4. The van der Waals surface area contributed by atoms with Crippen molar-refractivity contribution in [3.8, 4) is 11.5 Å². The third-order valence-electron chi connectivity index (χ3n) is 4.08. The van der Waals surface area contributed by atoms with Crippen LogP contribution in [0.15, 0.2) is 28.7 Å². The molecule has 0 radical (unpaired) electrons. The van der Waals surface area contributed by atoms with E-state index in [1.807, 2.05) is 45.0 Å². The lowest BCUT2D eigenvalue weighted by Crippen LogP contribution is -2.36. The van der Waals surface area contributed by atoms with Crippen LogP contribution in [0.1, 0.15) is 49.0 Å². The monoisotopic (exact) mass is 360 g/mol. The van der Waals surface area contributed by atoms with Crippen molar-refractivity contribution in [2.45, 2.75) is 46.7 Å². The van der Waals surface area contributed by atoms with Crippen LogP contribution in [0.5, 0.6) is 11.5 Å². The Morgan fingerprint density at radius 3 is 2.62 bits per heavy atom. The molecule has 6 heteroatoms. The summed E-state index contributed by atoms with van der Waals surface area (Å²) < 4.78 is 16.5. The summed E-state index contributed by atoms with van der Waals surface area (Å²) >= 11 is 0. The maximum atomic E-state index is 12.2. The molecule has 1 aromatic carbocycles. The zero-order valence-electron chi connectivity index (χ0n) is 16.1. The summed E-state index contributed by atoms with van der Waals surface area (Å²) in [6, 6.07) is 7.22. The van der Waals surface area contributed by atoms with Crippen LogP contribution in [0.4, 0.5) is 4.79 Å². The second kappa shape index (κ2) is 9.17. The summed E-state index contributed by atoms with van der Waals surface area (Å²) in [5, 5.41) is 5.79. The number of furan rings is 1. The first-order valence-electron chi connectivity index (χ1n) is 8.85. The summed E-state index contributed by atoms with van der Waals surface area (Å²) in [6.45, 7) is 8.82. The molecular weight excluding hydrogens is 332 g/mol. The van der Waals surface area contributed by atoms with Crippen LogP contribution in [0.25, 0.3) is 0 Å². The molecule has 0 fully saturated rings. The number of ether oxygens (including phenoxy) is 2. The van der Waals surface area contributed by atoms with E-state index in [1.54, 1.807) is 7.11 Å². The number of methoxy groups -OCH3 is 1. The molecule has 1 heterocycles. The largest absolute Gasteiger partial charge is 0.493 e. The first kappa shape index (κ1) is 19.7. The van der Waals surface area contributed by atoms with Crippen molar-refractivity contribution >= 4 is 6.03 Å². The molecule has 0 aliphatic heterocycles. The highest BCUT2D eigenvalue weighted by Gasteiger charge is 2.13. The maximum Gasteiger partial charge on any atom is 0.315 e. The van der Waals surface area contributed by atoms with Crippen LogP contribution < -0.4 is 20.1 Å². The standard InChI is InChI=1S/C20H28N2O4/c1-6-9-25-18-8-7-16(11-19(18)24-5)14(3)22-20(23)21-12-17-10-13(2)26-15(17)4/h7-8,10-11,14H,6,9,12H2,1-5H3,(H2,21,22,23). The van der Waals surface area contributed by atoms with Gasteiger partial charge in [0.1, 0.15) is 11.5 Å². The zero-order chi connectivity index (χ0) is 19.1. The van der Waals surface area contributed by atoms with Crippen LogP contribution in [0, 0.1) is 13.8 Å². The lowest BCUT2D eigenvalue weighted by molar-refractivity contribution is 0.237. The molecule has 26 heavy (non-hydrogen) atoms. The number of urea groups is 1. The van der Waals surface area contributed by atoms with Gasteiger partial charge in [0.15, 0.2) is 11.5 Å². The van der Waals surface area contributed by atoms with E-state index in [-0.39, 0.29) is 12.1 Å². The first-order valence-corrected chi connectivity index (χ1v) is 8.85. The molecule has 2 N–H and O–H groups in total. The van der Waals surface area contributed by atoms with E-state index in [4.69, 9.17) is 13.9 Å². The maximum absolute atomic E-state index is 12.2. The van der Waals surface area contributed by atoms with E-state index in [0.717, 1.165) is 29.1 Å². The minimum Gasteiger partial charge on any atom is -0.493 e.